The third-order valence-corrected chi connectivity index (χ3v) is 7.05. The Labute approximate surface area is 222 Å². The van der Waals surface area contributed by atoms with Crippen LogP contribution in [0.15, 0.2) is 60.8 Å². The minimum atomic E-state index is -4.29. The number of methoxy groups -OCH3 is 2. The van der Waals surface area contributed by atoms with Crippen LogP contribution in [0.4, 0.5) is 18.9 Å². The number of alkyl halides is 3. The molecule has 38 heavy (non-hydrogen) atoms. The molecule has 6 nitrogen and oxygen atoms in total. The van der Waals surface area contributed by atoms with E-state index in [0.717, 1.165) is 16.6 Å². The molecule has 0 spiro atoms. The molecule has 1 fully saturated rings. The Morgan fingerprint density at radius 2 is 1.79 bits per heavy atom. The monoisotopic (exact) mass is 543 g/mol. The van der Waals surface area contributed by atoms with E-state index in [0.29, 0.717) is 45.5 Å². The maximum Gasteiger partial charge on any atom is 0.397 e. The van der Waals surface area contributed by atoms with E-state index in [4.69, 9.17) is 25.8 Å². The summed E-state index contributed by atoms with van der Waals surface area (Å²) in [5.41, 5.74) is 1.82. The minimum Gasteiger partial charge on any atom is -0.497 e. The van der Waals surface area contributed by atoms with Crippen LogP contribution in [0.1, 0.15) is 18.4 Å². The Kier molecular flexibility index (Phi) is 6.96. The number of anilines is 1. The molecule has 0 bridgehead atoms. The maximum absolute atomic E-state index is 13.4. The van der Waals surface area contributed by atoms with Gasteiger partial charge in [-0.05, 0) is 60.9 Å². The van der Waals surface area contributed by atoms with Gasteiger partial charge in [0.1, 0.15) is 29.3 Å². The Morgan fingerprint density at radius 3 is 2.50 bits per heavy atom. The standard InChI is InChI=1S/C28H25ClF3N3O3/c1-36-20-6-3-18(26(13-20)37-2)14-33-24-15-34-35-23-11-17(4-7-21(23)24)22-12-19(29)5-8-25(22)38-16-27(9-10-27)28(30,31)32/h3-8,11-13,15H,9-10,14,16H2,1-2H3,(H,33,35). The summed E-state index contributed by atoms with van der Waals surface area (Å²) in [7, 11) is 3.20. The number of ether oxygens (including phenoxy) is 3. The normalized spacial score (nSPS) is 14.3. The van der Waals surface area contributed by atoms with Crippen LogP contribution < -0.4 is 19.5 Å². The van der Waals surface area contributed by atoms with Gasteiger partial charge in [-0.1, -0.05) is 17.7 Å². The van der Waals surface area contributed by atoms with Crippen molar-refractivity contribution < 1.29 is 27.4 Å². The number of aromatic nitrogens is 2. The van der Waals surface area contributed by atoms with E-state index in [2.05, 4.69) is 15.5 Å². The maximum atomic E-state index is 13.4. The lowest BCUT2D eigenvalue weighted by atomic mass is 10.0. The van der Waals surface area contributed by atoms with Crippen LogP contribution in [-0.4, -0.2) is 37.2 Å². The predicted molar refractivity (Wildman–Crippen MR) is 140 cm³/mol. The van der Waals surface area contributed by atoms with Crippen molar-refractivity contribution in [3.05, 3.63) is 71.4 Å². The summed E-state index contributed by atoms with van der Waals surface area (Å²) in [5.74, 6) is 1.72. The highest BCUT2D eigenvalue weighted by molar-refractivity contribution is 6.31. The first kappa shape index (κ1) is 25.9. The third kappa shape index (κ3) is 5.15. The Morgan fingerprint density at radius 1 is 0.974 bits per heavy atom. The molecule has 1 aliphatic rings. The highest BCUT2D eigenvalue weighted by Crippen LogP contribution is 2.57. The zero-order chi connectivity index (χ0) is 26.9. The number of nitrogens with one attached hydrogen (secondary N) is 1. The molecule has 1 aromatic heterocycles. The van der Waals surface area contributed by atoms with Gasteiger partial charge in [-0.2, -0.15) is 23.4 Å². The number of hydrogen-bond acceptors (Lipinski definition) is 6. The second-order valence-electron chi connectivity index (χ2n) is 9.23. The zero-order valence-corrected chi connectivity index (χ0v) is 21.5. The molecule has 10 heteroatoms. The zero-order valence-electron chi connectivity index (χ0n) is 20.7. The second-order valence-corrected chi connectivity index (χ2v) is 9.67. The summed E-state index contributed by atoms with van der Waals surface area (Å²) in [4.78, 5) is 0. The van der Waals surface area contributed by atoms with Crippen molar-refractivity contribution >= 4 is 28.2 Å². The lowest BCUT2D eigenvalue weighted by Crippen LogP contribution is -2.30. The number of hydrogen-bond donors (Lipinski definition) is 1. The van der Waals surface area contributed by atoms with Crippen molar-refractivity contribution in [2.75, 3.05) is 26.1 Å². The highest BCUT2D eigenvalue weighted by atomic mass is 35.5. The molecular formula is C28H25ClF3N3O3. The average molecular weight is 544 g/mol. The molecular weight excluding hydrogens is 519 g/mol. The van der Waals surface area contributed by atoms with Crippen molar-refractivity contribution in [3.63, 3.8) is 0 Å². The fourth-order valence-corrected chi connectivity index (χ4v) is 4.46. The van der Waals surface area contributed by atoms with Crippen LogP contribution in [-0.2, 0) is 6.54 Å². The molecule has 0 amide bonds. The van der Waals surface area contributed by atoms with Crippen LogP contribution in [0.5, 0.6) is 17.2 Å². The van der Waals surface area contributed by atoms with E-state index in [1.807, 2.05) is 36.4 Å². The Hall–Kier alpha value is -3.72. The smallest absolute Gasteiger partial charge is 0.397 e. The molecule has 1 heterocycles. The van der Waals surface area contributed by atoms with Gasteiger partial charge in [-0.3, -0.25) is 0 Å². The minimum absolute atomic E-state index is 0.0726. The van der Waals surface area contributed by atoms with Crippen LogP contribution in [0.2, 0.25) is 5.02 Å². The van der Waals surface area contributed by atoms with Crippen molar-refractivity contribution in [1.29, 1.82) is 0 Å². The SMILES string of the molecule is COc1ccc(CNc2cnnc3cc(-c4cc(Cl)ccc4OCC4(C(F)(F)F)CC4)ccc23)c(OC)c1. The number of nitrogens with zero attached hydrogens (tertiary/aromatic N) is 2. The quantitative estimate of drug-likeness (QED) is 0.239. The molecule has 198 valence electrons. The number of halogens is 4. The van der Waals surface area contributed by atoms with Gasteiger partial charge in [-0.15, -0.1) is 0 Å². The molecule has 5 rings (SSSR count). The van der Waals surface area contributed by atoms with E-state index in [1.165, 1.54) is 0 Å². The van der Waals surface area contributed by atoms with Gasteiger partial charge >= 0.3 is 6.18 Å². The van der Waals surface area contributed by atoms with Crippen LogP contribution >= 0.6 is 11.6 Å². The first-order valence-electron chi connectivity index (χ1n) is 11.9. The summed E-state index contributed by atoms with van der Waals surface area (Å²) in [5, 5.41) is 13.0. The van der Waals surface area contributed by atoms with Gasteiger partial charge in [0, 0.05) is 34.1 Å². The van der Waals surface area contributed by atoms with Crippen molar-refractivity contribution in [2.45, 2.75) is 25.6 Å². The second kappa shape index (κ2) is 10.2. The van der Waals surface area contributed by atoms with Crippen LogP contribution in [0, 0.1) is 5.41 Å². The van der Waals surface area contributed by atoms with Crippen molar-refractivity contribution in [2.24, 2.45) is 5.41 Å². The summed E-state index contributed by atoms with van der Waals surface area (Å²) < 4.78 is 56.7. The van der Waals surface area contributed by atoms with Gasteiger partial charge in [0.25, 0.3) is 0 Å². The molecule has 0 atom stereocenters. The lowest BCUT2D eigenvalue weighted by molar-refractivity contribution is -0.194. The molecule has 0 unspecified atom stereocenters. The van der Waals surface area contributed by atoms with Gasteiger partial charge in [-0.25, -0.2) is 0 Å². The molecule has 1 aliphatic carbocycles. The van der Waals surface area contributed by atoms with E-state index in [1.54, 1.807) is 38.6 Å². The Bertz CT molecular complexity index is 1480. The first-order chi connectivity index (χ1) is 18.2. The van der Waals surface area contributed by atoms with Crippen molar-refractivity contribution in [3.8, 4) is 28.4 Å². The number of benzene rings is 3. The molecule has 0 aliphatic heterocycles. The van der Waals surface area contributed by atoms with Crippen LogP contribution in [0.3, 0.4) is 0 Å². The summed E-state index contributed by atoms with van der Waals surface area (Å²) >= 11 is 6.24. The van der Waals surface area contributed by atoms with Gasteiger partial charge in [0.15, 0.2) is 0 Å². The highest BCUT2D eigenvalue weighted by Gasteiger charge is 2.63. The van der Waals surface area contributed by atoms with Crippen LogP contribution in [0.25, 0.3) is 22.0 Å². The van der Waals surface area contributed by atoms with Crippen molar-refractivity contribution in [1.82, 2.24) is 10.2 Å². The molecule has 1 saturated carbocycles. The fraction of sp³-hybridized carbons (Fsp3) is 0.286. The van der Waals surface area contributed by atoms with Gasteiger partial charge in [0.05, 0.1) is 31.6 Å². The average Bonchev–Trinajstić information content (AvgIpc) is 3.72. The summed E-state index contributed by atoms with van der Waals surface area (Å²) in [6, 6.07) is 16.0. The fourth-order valence-electron chi connectivity index (χ4n) is 4.29. The van der Waals surface area contributed by atoms with E-state index >= 15 is 0 Å². The topological polar surface area (TPSA) is 65.5 Å². The molecule has 3 aromatic carbocycles. The largest absolute Gasteiger partial charge is 0.497 e. The van der Waals surface area contributed by atoms with E-state index < -0.39 is 18.2 Å². The Balaban J connectivity index is 1.40. The molecule has 0 saturated heterocycles. The van der Waals surface area contributed by atoms with Gasteiger partial charge < -0.3 is 19.5 Å². The number of rotatable bonds is 9. The molecule has 4 aromatic rings. The predicted octanol–water partition coefficient (Wildman–Crippen LogP) is 7.30. The van der Waals surface area contributed by atoms with E-state index in [-0.39, 0.29) is 12.8 Å². The molecule has 1 N–H and O–H groups in total. The first-order valence-corrected chi connectivity index (χ1v) is 12.3. The molecule has 0 radical (unpaired) electrons. The van der Waals surface area contributed by atoms with E-state index in [9.17, 15) is 13.2 Å². The summed E-state index contributed by atoms with van der Waals surface area (Å²) in [6.45, 7) is 0.0460. The summed E-state index contributed by atoms with van der Waals surface area (Å²) in [6.07, 6.45) is -2.51. The third-order valence-electron chi connectivity index (χ3n) is 6.82. The number of fused-ring (bicyclic) bond motifs is 1. The lowest BCUT2D eigenvalue weighted by Gasteiger charge is -2.21. The van der Waals surface area contributed by atoms with Gasteiger partial charge in [0.2, 0.25) is 0 Å².